The molecule has 8 heteroatoms. The molecule has 36 heavy (non-hydrogen) atoms. The average molecular weight is 522 g/mol. The van der Waals surface area contributed by atoms with Crippen LogP contribution in [-0.4, -0.2) is 17.7 Å². The van der Waals surface area contributed by atoms with E-state index >= 15 is 0 Å². The molecule has 0 spiro atoms. The van der Waals surface area contributed by atoms with Crippen molar-refractivity contribution in [2.24, 2.45) is 0 Å². The summed E-state index contributed by atoms with van der Waals surface area (Å²) in [7, 11) is 0. The average Bonchev–Trinajstić information content (AvgIpc) is 3.08. The van der Waals surface area contributed by atoms with Gasteiger partial charge in [0, 0.05) is 22.0 Å². The summed E-state index contributed by atoms with van der Waals surface area (Å²) in [6.07, 6.45) is 3.29. The number of nitrogens with one attached hydrogen (secondary N) is 2. The standard InChI is InChI=1S/C28H25Cl2N3O3/c1-3-4-5-18-7-12-22(13-8-18)32-26(34)19-9-14-21(15-10-19)31-25-24(30)27(35)33(28(25)36)23-16-20(29)11-6-17(23)2/h6-16,31H,3-5H2,1-2H3,(H,32,34). The molecule has 184 valence electrons. The molecular formula is C28H25Cl2N3O3. The van der Waals surface area contributed by atoms with Gasteiger partial charge in [0.25, 0.3) is 17.7 Å². The Bertz CT molecular complexity index is 1350. The van der Waals surface area contributed by atoms with Gasteiger partial charge in [0.15, 0.2) is 0 Å². The first-order valence-electron chi connectivity index (χ1n) is 11.6. The Kier molecular flexibility index (Phi) is 7.77. The molecule has 3 aromatic carbocycles. The second-order valence-electron chi connectivity index (χ2n) is 8.52. The van der Waals surface area contributed by atoms with Crippen LogP contribution in [0.25, 0.3) is 0 Å². The molecule has 6 nitrogen and oxygen atoms in total. The Hall–Kier alpha value is -3.61. The van der Waals surface area contributed by atoms with Crippen LogP contribution in [-0.2, 0) is 16.0 Å². The van der Waals surface area contributed by atoms with E-state index in [1.807, 2.05) is 24.3 Å². The van der Waals surface area contributed by atoms with Gasteiger partial charge in [0.1, 0.15) is 10.7 Å². The SMILES string of the molecule is CCCCc1ccc(NC(=O)c2ccc(NC3=C(Cl)C(=O)N(c4cc(Cl)ccc4C)C3=O)cc2)cc1. The summed E-state index contributed by atoms with van der Waals surface area (Å²) < 4.78 is 0. The zero-order valence-electron chi connectivity index (χ0n) is 19.9. The van der Waals surface area contributed by atoms with Crippen molar-refractivity contribution >= 4 is 58.0 Å². The van der Waals surface area contributed by atoms with Gasteiger partial charge >= 0.3 is 0 Å². The summed E-state index contributed by atoms with van der Waals surface area (Å²) in [6, 6.07) is 19.3. The van der Waals surface area contributed by atoms with Crippen LogP contribution < -0.4 is 15.5 Å². The third-order valence-corrected chi connectivity index (χ3v) is 6.47. The number of amides is 3. The Morgan fingerprint density at radius 2 is 1.56 bits per heavy atom. The van der Waals surface area contributed by atoms with Gasteiger partial charge in [0.05, 0.1) is 5.69 Å². The van der Waals surface area contributed by atoms with Crippen LogP contribution in [0, 0.1) is 6.92 Å². The van der Waals surface area contributed by atoms with Crippen LogP contribution in [0.1, 0.15) is 41.3 Å². The molecule has 0 bridgehead atoms. The summed E-state index contributed by atoms with van der Waals surface area (Å²) in [5.74, 6) is -1.47. The zero-order valence-corrected chi connectivity index (χ0v) is 21.4. The lowest BCUT2D eigenvalue weighted by Crippen LogP contribution is -2.32. The fraction of sp³-hybridized carbons (Fsp3) is 0.179. The number of nitrogens with zero attached hydrogens (tertiary/aromatic N) is 1. The first-order valence-corrected chi connectivity index (χ1v) is 12.4. The van der Waals surface area contributed by atoms with Crippen molar-refractivity contribution in [3.05, 3.63) is 99.2 Å². The third-order valence-electron chi connectivity index (χ3n) is 5.89. The first-order chi connectivity index (χ1) is 17.3. The van der Waals surface area contributed by atoms with Gasteiger partial charge in [-0.3, -0.25) is 14.4 Å². The van der Waals surface area contributed by atoms with Crippen LogP contribution in [0.5, 0.6) is 0 Å². The highest BCUT2D eigenvalue weighted by molar-refractivity contribution is 6.53. The lowest BCUT2D eigenvalue weighted by atomic mass is 10.1. The van der Waals surface area contributed by atoms with Crippen molar-refractivity contribution in [3.8, 4) is 0 Å². The van der Waals surface area contributed by atoms with E-state index in [1.54, 1.807) is 49.4 Å². The third kappa shape index (κ3) is 5.45. The van der Waals surface area contributed by atoms with Gasteiger partial charge in [-0.25, -0.2) is 4.90 Å². The van der Waals surface area contributed by atoms with Crippen molar-refractivity contribution in [3.63, 3.8) is 0 Å². The van der Waals surface area contributed by atoms with E-state index in [2.05, 4.69) is 17.6 Å². The Labute approximate surface area is 219 Å². The van der Waals surface area contributed by atoms with Crippen LogP contribution in [0.4, 0.5) is 17.1 Å². The molecule has 0 radical (unpaired) electrons. The van der Waals surface area contributed by atoms with Crippen LogP contribution in [0.3, 0.4) is 0 Å². The number of anilines is 3. The van der Waals surface area contributed by atoms with Crippen molar-refractivity contribution in [1.29, 1.82) is 0 Å². The van der Waals surface area contributed by atoms with Crippen molar-refractivity contribution < 1.29 is 14.4 Å². The molecule has 0 aliphatic carbocycles. The molecule has 1 heterocycles. The second-order valence-corrected chi connectivity index (χ2v) is 9.34. The Morgan fingerprint density at radius 3 is 2.22 bits per heavy atom. The van der Waals surface area contributed by atoms with E-state index in [0.717, 1.165) is 24.2 Å². The van der Waals surface area contributed by atoms with E-state index in [-0.39, 0.29) is 16.6 Å². The lowest BCUT2D eigenvalue weighted by molar-refractivity contribution is -0.120. The molecular weight excluding hydrogens is 497 g/mol. The fourth-order valence-corrected chi connectivity index (χ4v) is 4.22. The van der Waals surface area contributed by atoms with Crippen LogP contribution in [0.2, 0.25) is 5.02 Å². The van der Waals surface area contributed by atoms with Gasteiger partial charge in [0.2, 0.25) is 0 Å². The predicted molar refractivity (Wildman–Crippen MR) is 145 cm³/mol. The summed E-state index contributed by atoms with van der Waals surface area (Å²) in [4.78, 5) is 39.5. The topological polar surface area (TPSA) is 78.5 Å². The lowest BCUT2D eigenvalue weighted by Gasteiger charge is -2.17. The van der Waals surface area contributed by atoms with Crippen molar-refractivity contribution in [2.75, 3.05) is 15.5 Å². The molecule has 0 saturated heterocycles. The van der Waals surface area contributed by atoms with Crippen LogP contribution in [0.15, 0.2) is 77.5 Å². The highest BCUT2D eigenvalue weighted by atomic mass is 35.5. The maximum Gasteiger partial charge on any atom is 0.283 e. The molecule has 4 rings (SSSR count). The molecule has 0 aromatic heterocycles. The van der Waals surface area contributed by atoms with E-state index < -0.39 is 11.8 Å². The van der Waals surface area contributed by atoms with E-state index in [1.165, 1.54) is 5.56 Å². The number of rotatable bonds is 8. The minimum absolute atomic E-state index is 0.0404. The molecule has 2 N–H and O–H groups in total. The predicted octanol–water partition coefficient (Wildman–Crippen LogP) is 6.68. The smallest absolute Gasteiger partial charge is 0.283 e. The summed E-state index contributed by atoms with van der Waals surface area (Å²) in [5, 5.41) is 5.98. The van der Waals surface area contributed by atoms with Crippen molar-refractivity contribution in [1.82, 2.24) is 0 Å². The minimum atomic E-state index is -0.633. The second kappa shape index (κ2) is 11.0. The number of benzene rings is 3. The highest BCUT2D eigenvalue weighted by Gasteiger charge is 2.39. The maximum absolute atomic E-state index is 13.0. The number of unbranched alkanes of at least 4 members (excludes halogenated alkanes) is 1. The number of carbonyl (C=O) groups excluding carboxylic acids is 3. The summed E-state index contributed by atoms with van der Waals surface area (Å²) in [5.41, 5.74) is 3.94. The number of hydrogen-bond donors (Lipinski definition) is 2. The molecule has 3 amide bonds. The number of carbonyl (C=O) groups is 3. The maximum atomic E-state index is 13.0. The molecule has 1 aliphatic heterocycles. The number of hydrogen-bond acceptors (Lipinski definition) is 4. The number of aryl methyl sites for hydroxylation is 2. The molecule has 1 aliphatic rings. The molecule has 3 aromatic rings. The van der Waals surface area contributed by atoms with Crippen molar-refractivity contribution in [2.45, 2.75) is 33.1 Å². The summed E-state index contributed by atoms with van der Waals surface area (Å²) >= 11 is 12.3. The quantitative estimate of drug-likeness (QED) is 0.324. The minimum Gasteiger partial charge on any atom is -0.350 e. The van der Waals surface area contributed by atoms with Gasteiger partial charge < -0.3 is 10.6 Å². The highest BCUT2D eigenvalue weighted by Crippen LogP contribution is 2.33. The van der Waals surface area contributed by atoms with E-state index in [4.69, 9.17) is 23.2 Å². The number of imide groups is 1. The fourth-order valence-electron chi connectivity index (χ4n) is 3.84. The molecule has 0 saturated carbocycles. The first kappa shape index (κ1) is 25.5. The monoisotopic (exact) mass is 521 g/mol. The van der Waals surface area contributed by atoms with Gasteiger partial charge in [-0.05, 0) is 79.4 Å². The van der Waals surface area contributed by atoms with E-state index in [0.29, 0.717) is 33.2 Å². The van der Waals surface area contributed by atoms with Gasteiger partial charge in [-0.2, -0.15) is 0 Å². The Morgan fingerprint density at radius 1 is 0.889 bits per heavy atom. The zero-order chi connectivity index (χ0) is 25.8. The van der Waals surface area contributed by atoms with Gasteiger partial charge in [-0.15, -0.1) is 0 Å². The Balaban J connectivity index is 1.44. The normalized spacial score (nSPS) is 13.4. The van der Waals surface area contributed by atoms with Crippen LogP contribution >= 0.6 is 23.2 Å². The molecule has 0 atom stereocenters. The van der Waals surface area contributed by atoms with Gasteiger partial charge in [-0.1, -0.05) is 54.7 Å². The van der Waals surface area contributed by atoms with E-state index in [9.17, 15) is 14.4 Å². The number of halogens is 2. The molecule has 0 unspecified atom stereocenters. The largest absolute Gasteiger partial charge is 0.350 e. The summed E-state index contributed by atoms with van der Waals surface area (Å²) in [6.45, 7) is 3.93. The molecule has 0 fully saturated rings.